The Morgan fingerprint density at radius 2 is 1.76 bits per heavy atom. The minimum atomic E-state index is -4.50. The van der Waals surface area contributed by atoms with Gasteiger partial charge in [0.15, 0.2) is 0 Å². The number of amides is 2. The van der Waals surface area contributed by atoms with Crippen LogP contribution in [0.5, 0.6) is 0 Å². The zero-order chi connectivity index (χ0) is 24.9. The van der Waals surface area contributed by atoms with Crippen molar-refractivity contribution in [1.29, 1.82) is 0 Å². The Balaban J connectivity index is 1.42. The van der Waals surface area contributed by atoms with Crippen LogP contribution in [-0.2, 0) is 22.9 Å². The molecule has 1 spiro atoms. The van der Waals surface area contributed by atoms with E-state index in [2.05, 4.69) is 0 Å². The number of aryl methyl sites for hydroxylation is 1. The maximum Gasteiger partial charge on any atom is 0.416 e. The molecule has 2 aliphatic rings. The van der Waals surface area contributed by atoms with Gasteiger partial charge in [-0.1, -0.05) is 39.0 Å². The van der Waals surface area contributed by atoms with E-state index in [0.717, 1.165) is 11.8 Å². The lowest BCUT2D eigenvalue weighted by Gasteiger charge is -2.37. The van der Waals surface area contributed by atoms with Crippen LogP contribution in [0.2, 0.25) is 0 Å². The summed E-state index contributed by atoms with van der Waals surface area (Å²) in [6, 6.07) is 7.03. The first-order valence-corrected chi connectivity index (χ1v) is 11.3. The Morgan fingerprint density at radius 1 is 1.12 bits per heavy atom. The number of halogens is 3. The standard InChI is InChI=1S/C25H29F3N2O4/c1-16-18(13-20(33-16)23(2,3)4)21(31)29-11-9-24(10-12-29)15-30(22(32)34-24)14-17-7-5-6-8-19(17)25(26,27)28/h5-8,13H,9-12,14-15H2,1-4H3. The molecule has 9 heteroatoms. The first-order valence-electron chi connectivity index (χ1n) is 11.3. The third-order valence-electron chi connectivity index (χ3n) is 6.57. The number of piperidine rings is 1. The van der Waals surface area contributed by atoms with Crippen LogP contribution >= 0.6 is 0 Å². The largest absolute Gasteiger partial charge is 0.465 e. The number of carbonyl (C=O) groups excluding carboxylic acids is 2. The Labute approximate surface area is 196 Å². The number of likely N-dealkylation sites (tertiary alicyclic amines) is 1. The third-order valence-corrected chi connectivity index (χ3v) is 6.57. The summed E-state index contributed by atoms with van der Waals surface area (Å²) in [5.74, 6) is 1.17. The zero-order valence-corrected chi connectivity index (χ0v) is 19.8. The summed E-state index contributed by atoms with van der Waals surface area (Å²) in [6.45, 7) is 8.58. The van der Waals surface area contributed by atoms with E-state index in [4.69, 9.17) is 9.15 Å². The van der Waals surface area contributed by atoms with Gasteiger partial charge in [0.05, 0.1) is 17.7 Å². The quantitative estimate of drug-likeness (QED) is 0.582. The van der Waals surface area contributed by atoms with E-state index in [1.807, 2.05) is 20.8 Å². The van der Waals surface area contributed by atoms with Crippen LogP contribution in [0, 0.1) is 6.92 Å². The van der Waals surface area contributed by atoms with Gasteiger partial charge in [0.25, 0.3) is 5.91 Å². The van der Waals surface area contributed by atoms with E-state index in [0.29, 0.717) is 37.3 Å². The first kappa shape index (κ1) is 24.2. The van der Waals surface area contributed by atoms with Gasteiger partial charge < -0.3 is 14.1 Å². The minimum absolute atomic E-state index is 0.0294. The van der Waals surface area contributed by atoms with Gasteiger partial charge in [0, 0.05) is 37.9 Å². The number of hydrogen-bond donors (Lipinski definition) is 0. The van der Waals surface area contributed by atoms with Crippen molar-refractivity contribution in [3.63, 3.8) is 0 Å². The molecule has 34 heavy (non-hydrogen) atoms. The van der Waals surface area contributed by atoms with Crippen LogP contribution in [-0.4, -0.2) is 47.0 Å². The van der Waals surface area contributed by atoms with Gasteiger partial charge in [-0.15, -0.1) is 0 Å². The highest BCUT2D eigenvalue weighted by molar-refractivity contribution is 5.95. The van der Waals surface area contributed by atoms with Gasteiger partial charge in [0.1, 0.15) is 17.1 Å². The average Bonchev–Trinajstić information content (AvgIpc) is 3.28. The molecule has 0 atom stereocenters. The maximum absolute atomic E-state index is 13.3. The number of rotatable bonds is 3. The molecule has 2 saturated heterocycles. The second kappa shape index (κ2) is 8.36. The lowest BCUT2D eigenvalue weighted by molar-refractivity contribution is -0.138. The van der Waals surface area contributed by atoms with Crippen LogP contribution < -0.4 is 0 Å². The fraction of sp³-hybridized carbons (Fsp3) is 0.520. The van der Waals surface area contributed by atoms with Gasteiger partial charge in [-0.05, 0) is 24.6 Å². The molecule has 2 amide bonds. The van der Waals surface area contributed by atoms with E-state index in [1.165, 1.54) is 23.1 Å². The minimum Gasteiger partial charge on any atom is -0.465 e. The van der Waals surface area contributed by atoms with Crippen molar-refractivity contribution < 1.29 is 31.9 Å². The molecule has 6 nitrogen and oxygen atoms in total. The van der Waals surface area contributed by atoms with Gasteiger partial charge >= 0.3 is 12.3 Å². The normalized spacial score (nSPS) is 18.5. The van der Waals surface area contributed by atoms with Crippen LogP contribution in [0.25, 0.3) is 0 Å². The second-order valence-electron chi connectivity index (χ2n) is 10.2. The van der Waals surface area contributed by atoms with Crippen molar-refractivity contribution in [3.8, 4) is 0 Å². The summed E-state index contributed by atoms with van der Waals surface area (Å²) < 4.78 is 51.5. The number of carbonyl (C=O) groups is 2. The van der Waals surface area contributed by atoms with Crippen molar-refractivity contribution in [2.45, 2.75) is 64.3 Å². The lowest BCUT2D eigenvalue weighted by Crippen LogP contribution is -2.48. The van der Waals surface area contributed by atoms with E-state index >= 15 is 0 Å². The summed E-state index contributed by atoms with van der Waals surface area (Å²) in [4.78, 5) is 28.7. The summed E-state index contributed by atoms with van der Waals surface area (Å²) >= 11 is 0. The first-order chi connectivity index (χ1) is 15.8. The van der Waals surface area contributed by atoms with Gasteiger partial charge in [0.2, 0.25) is 0 Å². The molecule has 0 saturated carbocycles. The third kappa shape index (κ3) is 4.65. The SMILES string of the molecule is Cc1oc(C(C)(C)C)cc1C(=O)N1CCC2(CC1)CN(Cc1ccccc1C(F)(F)F)C(=O)O2. The maximum atomic E-state index is 13.3. The molecule has 4 rings (SSSR count). The number of nitrogens with zero attached hydrogens (tertiary/aromatic N) is 2. The Kier molecular flexibility index (Phi) is 5.94. The lowest BCUT2D eigenvalue weighted by atomic mass is 9.90. The Hall–Kier alpha value is -2.97. The molecule has 1 aromatic heterocycles. The number of alkyl halides is 3. The van der Waals surface area contributed by atoms with Crippen LogP contribution in [0.4, 0.5) is 18.0 Å². The van der Waals surface area contributed by atoms with E-state index < -0.39 is 23.4 Å². The molecule has 1 aromatic carbocycles. The molecule has 184 valence electrons. The van der Waals surface area contributed by atoms with Gasteiger partial charge in [-0.2, -0.15) is 13.2 Å². The number of furan rings is 1. The fourth-order valence-electron chi connectivity index (χ4n) is 4.57. The molecule has 2 fully saturated rings. The second-order valence-corrected chi connectivity index (χ2v) is 10.2. The molecule has 0 bridgehead atoms. The highest BCUT2D eigenvalue weighted by atomic mass is 19.4. The molecule has 3 heterocycles. The van der Waals surface area contributed by atoms with Crippen molar-refractivity contribution in [2.24, 2.45) is 0 Å². The smallest absolute Gasteiger partial charge is 0.416 e. The highest BCUT2D eigenvalue weighted by Gasteiger charge is 2.48. The Morgan fingerprint density at radius 3 is 2.35 bits per heavy atom. The van der Waals surface area contributed by atoms with Gasteiger partial charge in [-0.3, -0.25) is 9.69 Å². The van der Waals surface area contributed by atoms with Crippen LogP contribution in [0.1, 0.15) is 66.6 Å². The summed E-state index contributed by atoms with van der Waals surface area (Å²) in [5, 5.41) is 0. The average molecular weight is 479 g/mol. The molecular formula is C25H29F3N2O4. The number of benzene rings is 1. The van der Waals surface area contributed by atoms with E-state index in [1.54, 1.807) is 17.9 Å². The van der Waals surface area contributed by atoms with Crippen molar-refractivity contribution >= 4 is 12.0 Å². The topological polar surface area (TPSA) is 63.0 Å². The molecule has 0 radical (unpaired) electrons. The molecule has 2 aliphatic heterocycles. The summed E-state index contributed by atoms with van der Waals surface area (Å²) in [5.41, 5.74) is -1.23. The van der Waals surface area contributed by atoms with Crippen LogP contribution in [0.3, 0.4) is 0 Å². The molecule has 2 aromatic rings. The zero-order valence-electron chi connectivity index (χ0n) is 19.8. The molecule has 0 unspecified atom stereocenters. The summed E-state index contributed by atoms with van der Waals surface area (Å²) in [6.07, 6.45) is -4.28. The van der Waals surface area contributed by atoms with Crippen molar-refractivity contribution in [1.82, 2.24) is 9.80 Å². The molecular weight excluding hydrogens is 449 g/mol. The van der Waals surface area contributed by atoms with E-state index in [9.17, 15) is 22.8 Å². The number of hydrogen-bond acceptors (Lipinski definition) is 4. The monoisotopic (exact) mass is 478 g/mol. The van der Waals surface area contributed by atoms with Gasteiger partial charge in [-0.25, -0.2) is 4.79 Å². The predicted molar refractivity (Wildman–Crippen MR) is 118 cm³/mol. The fourth-order valence-corrected chi connectivity index (χ4v) is 4.57. The Bertz CT molecular complexity index is 1090. The summed E-state index contributed by atoms with van der Waals surface area (Å²) in [7, 11) is 0. The highest BCUT2D eigenvalue weighted by Crippen LogP contribution is 2.37. The van der Waals surface area contributed by atoms with Crippen molar-refractivity contribution in [3.05, 3.63) is 58.5 Å². The molecule has 0 aliphatic carbocycles. The van der Waals surface area contributed by atoms with Crippen molar-refractivity contribution in [2.75, 3.05) is 19.6 Å². The number of ether oxygens (including phenoxy) is 1. The van der Waals surface area contributed by atoms with E-state index in [-0.39, 0.29) is 30.0 Å². The predicted octanol–water partition coefficient (Wildman–Crippen LogP) is 5.53. The van der Waals surface area contributed by atoms with Crippen LogP contribution in [0.15, 0.2) is 34.7 Å². The molecule has 0 N–H and O–H groups in total.